The predicted octanol–water partition coefficient (Wildman–Crippen LogP) is 5.49. The molecular formula is C11H8F11I. The maximum Gasteiger partial charge on any atom is 0.384 e. The Morgan fingerprint density at radius 1 is 0.565 bits per heavy atom. The minimum absolute atomic E-state index is 0.163. The summed E-state index contributed by atoms with van der Waals surface area (Å²) in [4.78, 5) is 0. The molecular weight excluding hydrogens is 468 g/mol. The standard InChI is InChI=1S/C11H8F11I/c12-6(4-2-1-3-5(4)23)7(13,14)9(17,18)11(21,22)10(19,20)8(6,15)16/h4-5H,1-3H2. The molecule has 2 saturated carbocycles. The van der Waals surface area contributed by atoms with Crippen LogP contribution in [0.3, 0.4) is 0 Å². The first kappa shape index (κ1) is 19.3. The fourth-order valence-electron chi connectivity index (χ4n) is 3.07. The first-order valence-electron chi connectivity index (χ1n) is 6.24. The lowest BCUT2D eigenvalue weighted by Gasteiger charge is -2.54. The third-order valence-corrected chi connectivity index (χ3v) is 5.92. The van der Waals surface area contributed by atoms with Crippen molar-refractivity contribution in [3.8, 4) is 0 Å². The third-order valence-electron chi connectivity index (χ3n) is 4.43. The fourth-order valence-corrected chi connectivity index (χ4v) is 4.37. The lowest BCUT2D eigenvalue weighted by molar-refractivity contribution is -0.491. The van der Waals surface area contributed by atoms with Crippen molar-refractivity contribution in [1.29, 1.82) is 0 Å². The highest BCUT2D eigenvalue weighted by molar-refractivity contribution is 14.1. The van der Waals surface area contributed by atoms with Gasteiger partial charge in [0.05, 0.1) is 0 Å². The molecule has 0 aromatic rings. The molecule has 2 fully saturated rings. The molecule has 0 aromatic carbocycles. The van der Waals surface area contributed by atoms with Crippen molar-refractivity contribution in [2.75, 3.05) is 0 Å². The molecule has 2 aliphatic carbocycles. The van der Waals surface area contributed by atoms with E-state index < -0.39 is 51.5 Å². The first-order valence-corrected chi connectivity index (χ1v) is 7.48. The first-order chi connectivity index (χ1) is 10.0. The van der Waals surface area contributed by atoms with Crippen LogP contribution in [-0.2, 0) is 0 Å². The summed E-state index contributed by atoms with van der Waals surface area (Å²) in [7, 11) is 0. The van der Waals surface area contributed by atoms with Gasteiger partial charge in [-0.25, -0.2) is 4.39 Å². The normalized spacial score (nSPS) is 39.1. The summed E-state index contributed by atoms with van der Waals surface area (Å²) in [6, 6.07) is 0. The summed E-state index contributed by atoms with van der Waals surface area (Å²) < 4.78 is 148. The van der Waals surface area contributed by atoms with Gasteiger partial charge in [0.1, 0.15) is 0 Å². The number of hydrogen-bond acceptors (Lipinski definition) is 0. The molecule has 12 heteroatoms. The average molecular weight is 476 g/mol. The van der Waals surface area contributed by atoms with E-state index in [0.29, 0.717) is 0 Å². The molecule has 0 nitrogen and oxygen atoms in total. The fraction of sp³-hybridized carbons (Fsp3) is 1.00. The van der Waals surface area contributed by atoms with Crippen molar-refractivity contribution >= 4 is 22.6 Å². The van der Waals surface area contributed by atoms with Crippen LogP contribution in [0.1, 0.15) is 19.3 Å². The Morgan fingerprint density at radius 2 is 0.913 bits per heavy atom. The average Bonchev–Trinajstić information content (AvgIpc) is 2.81. The van der Waals surface area contributed by atoms with Gasteiger partial charge in [-0.2, -0.15) is 43.9 Å². The van der Waals surface area contributed by atoms with Gasteiger partial charge in [-0.3, -0.25) is 0 Å². The molecule has 23 heavy (non-hydrogen) atoms. The van der Waals surface area contributed by atoms with Gasteiger partial charge < -0.3 is 0 Å². The van der Waals surface area contributed by atoms with Crippen molar-refractivity contribution in [2.45, 2.75) is 58.5 Å². The molecule has 0 amide bonds. The molecule has 136 valence electrons. The molecule has 0 radical (unpaired) electrons. The zero-order chi connectivity index (χ0) is 18.3. The van der Waals surface area contributed by atoms with Crippen LogP contribution in [-0.4, -0.2) is 39.2 Å². The third kappa shape index (κ3) is 1.79. The topological polar surface area (TPSA) is 0 Å². The van der Waals surface area contributed by atoms with E-state index >= 15 is 0 Å². The van der Waals surface area contributed by atoms with Crippen LogP contribution in [0, 0.1) is 5.92 Å². The van der Waals surface area contributed by atoms with Gasteiger partial charge in [0.25, 0.3) is 5.67 Å². The lowest BCUT2D eigenvalue weighted by atomic mass is 9.66. The van der Waals surface area contributed by atoms with Gasteiger partial charge in [0, 0.05) is 9.84 Å². The summed E-state index contributed by atoms with van der Waals surface area (Å²) in [6.07, 6.45) is -1.16. The van der Waals surface area contributed by atoms with Gasteiger partial charge in [0.2, 0.25) is 0 Å². The van der Waals surface area contributed by atoms with Crippen molar-refractivity contribution in [3.05, 3.63) is 0 Å². The van der Waals surface area contributed by atoms with E-state index in [1.165, 1.54) is 22.6 Å². The Labute approximate surface area is 135 Å². The molecule has 0 bridgehead atoms. The second-order valence-electron chi connectivity index (χ2n) is 5.64. The van der Waals surface area contributed by atoms with Crippen LogP contribution in [0.25, 0.3) is 0 Å². The minimum atomic E-state index is -7.12. The Bertz CT molecular complexity index is 470. The minimum Gasteiger partial charge on any atom is -0.230 e. The van der Waals surface area contributed by atoms with E-state index in [2.05, 4.69) is 0 Å². The quantitative estimate of drug-likeness (QED) is 0.267. The highest BCUT2D eigenvalue weighted by Crippen LogP contribution is 2.72. The molecule has 2 rings (SSSR count). The summed E-state index contributed by atoms with van der Waals surface area (Å²) >= 11 is 1.19. The van der Waals surface area contributed by atoms with Gasteiger partial charge in [-0.15, -0.1) is 0 Å². The van der Waals surface area contributed by atoms with E-state index in [0.717, 1.165) is 0 Å². The molecule has 0 saturated heterocycles. The summed E-state index contributed by atoms with van der Waals surface area (Å²) in [5.41, 5.74) is -5.81. The van der Waals surface area contributed by atoms with Crippen molar-refractivity contribution in [2.24, 2.45) is 5.92 Å². The zero-order valence-corrected chi connectivity index (χ0v) is 13.0. The van der Waals surface area contributed by atoms with Crippen LogP contribution in [0.15, 0.2) is 0 Å². The Hall–Kier alpha value is -0.0400. The van der Waals surface area contributed by atoms with E-state index in [-0.39, 0.29) is 12.8 Å². The van der Waals surface area contributed by atoms with E-state index in [1.807, 2.05) is 0 Å². The van der Waals surface area contributed by atoms with Crippen LogP contribution in [0.2, 0.25) is 0 Å². The Balaban J connectivity index is 2.79. The number of alkyl halides is 12. The predicted molar refractivity (Wildman–Crippen MR) is 63.7 cm³/mol. The number of halogens is 12. The molecule has 0 aliphatic heterocycles. The van der Waals surface area contributed by atoms with Crippen molar-refractivity contribution in [3.63, 3.8) is 0 Å². The second-order valence-corrected chi connectivity index (χ2v) is 7.24. The highest BCUT2D eigenvalue weighted by atomic mass is 127. The van der Waals surface area contributed by atoms with Crippen LogP contribution >= 0.6 is 22.6 Å². The highest BCUT2D eigenvalue weighted by Gasteiger charge is 3.01. The second kappa shape index (κ2) is 4.77. The van der Waals surface area contributed by atoms with Gasteiger partial charge in [0.15, 0.2) is 0 Å². The maximum absolute atomic E-state index is 14.6. The smallest absolute Gasteiger partial charge is 0.230 e. The monoisotopic (exact) mass is 476 g/mol. The van der Waals surface area contributed by atoms with Crippen molar-refractivity contribution in [1.82, 2.24) is 0 Å². The van der Waals surface area contributed by atoms with E-state index in [4.69, 9.17) is 0 Å². The largest absolute Gasteiger partial charge is 0.384 e. The molecule has 2 unspecified atom stereocenters. The molecule has 2 aliphatic rings. The Morgan fingerprint density at radius 3 is 1.22 bits per heavy atom. The molecule has 0 aromatic heterocycles. The van der Waals surface area contributed by atoms with Gasteiger partial charge >= 0.3 is 29.6 Å². The van der Waals surface area contributed by atoms with Crippen LogP contribution in [0.4, 0.5) is 48.3 Å². The van der Waals surface area contributed by atoms with Gasteiger partial charge in [-0.05, 0) is 12.8 Å². The van der Waals surface area contributed by atoms with E-state index in [9.17, 15) is 48.3 Å². The maximum atomic E-state index is 14.6. The van der Waals surface area contributed by atoms with Crippen LogP contribution < -0.4 is 0 Å². The zero-order valence-electron chi connectivity index (χ0n) is 10.8. The summed E-state index contributed by atoms with van der Waals surface area (Å²) in [5, 5.41) is 0. The summed E-state index contributed by atoms with van der Waals surface area (Å²) in [5.74, 6) is -37.1. The Kier molecular flexibility index (Phi) is 4.00. The molecule has 0 spiro atoms. The van der Waals surface area contributed by atoms with Crippen LogP contribution in [0.5, 0.6) is 0 Å². The van der Waals surface area contributed by atoms with Gasteiger partial charge in [-0.1, -0.05) is 29.0 Å². The lowest BCUT2D eigenvalue weighted by Crippen LogP contribution is -2.85. The summed E-state index contributed by atoms with van der Waals surface area (Å²) in [6.45, 7) is 0. The molecule has 0 heterocycles. The van der Waals surface area contributed by atoms with Crippen molar-refractivity contribution < 1.29 is 48.3 Å². The number of rotatable bonds is 1. The molecule has 2 atom stereocenters. The van der Waals surface area contributed by atoms with E-state index in [1.54, 1.807) is 0 Å². The number of hydrogen-bond donors (Lipinski definition) is 0. The SMILES string of the molecule is FC1(F)C(F)(F)C(F)(F)C(F)(C2CCCC2I)C(F)(F)C1(F)F. The molecule has 0 N–H and O–H groups in total.